The Balaban J connectivity index is 1.72. The minimum atomic E-state index is 0.152. The van der Waals surface area contributed by atoms with Crippen molar-refractivity contribution in [3.05, 3.63) is 23.2 Å². The molecule has 0 aromatic carbocycles. The third-order valence-electron chi connectivity index (χ3n) is 4.76. The first-order valence-electron chi connectivity index (χ1n) is 7.58. The Labute approximate surface area is 115 Å². The number of rotatable bonds is 1. The van der Waals surface area contributed by atoms with Crippen molar-refractivity contribution in [2.24, 2.45) is 5.41 Å². The zero-order chi connectivity index (χ0) is 13.3. The molecule has 2 fully saturated rings. The minimum Gasteiger partial charge on any atom is -0.466 e. The highest BCUT2D eigenvalue weighted by Crippen LogP contribution is 2.39. The average Bonchev–Trinajstić information content (AvgIpc) is 2.61. The van der Waals surface area contributed by atoms with Crippen LogP contribution in [0, 0.1) is 19.3 Å². The first-order chi connectivity index (χ1) is 9.19. The fraction of sp³-hybridized carbons (Fsp3) is 0.750. The van der Waals surface area contributed by atoms with Crippen LogP contribution in [-0.2, 0) is 4.74 Å². The summed E-state index contributed by atoms with van der Waals surface area (Å²) in [6.45, 7) is 6.95. The summed E-state index contributed by atoms with van der Waals surface area (Å²) in [6, 6.07) is 2.13. The molecule has 3 heteroatoms. The van der Waals surface area contributed by atoms with Crippen molar-refractivity contribution in [3.63, 3.8) is 0 Å². The van der Waals surface area contributed by atoms with Crippen LogP contribution in [-0.4, -0.2) is 19.7 Å². The molecule has 0 radical (unpaired) electrons. The predicted molar refractivity (Wildman–Crippen MR) is 75.3 cm³/mol. The first-order valence-corrected chi connectivity index (χ1v) is 7.58. The molecule has 3 nitrogen and oxygen atoms in total. The Bertz CT molecular complexity index is 432. The van der Waals surface area contributed by atoms with Crippen molar-refractivity contribution in [2.45, 2.75) is 52.1 Å². The van der Waals surface area contributed by atoms with E-state index in [2.05, 4.69) is 11.4 Å². The van der Waals surface area contributed by atoms with E-state index in [1.165, 1.54) is 37.7 Å². The minimum absolute atomic E-state index is 0.152. The Morgan fingerprint density at radius 3 is 2.68 bits per heavy atom. The van der Waals surface area contributed by atoms with Gasteiger partial charge in [0.25, 0.3) is 0 Å². The molecular formula is C16H25NO2. The molecular weight excluding hydrogens is 238 g/mol. The highest BCUT2D eigenvalue weighted by molar-refractivity contribution is 5.23. The second-order valence-corrected chi connectivity index (χ2v) is 6.36. The lowest BCUT2D eigenvalue weighted by Crippen LogP contribution is -2.37. The lowest BCUT2D eigenvalue weighted by molar-refractivity contribution is -0.00192. The van der Waals surface area contributed by atoms with Crippen molar-refractivity contribution < 1.29 is 9.15 Å². The molecule has 1 unspecified atom stereocenters. The van der Waals surface area contributed by atoms with Crippen LogP contribution >= 0.6 is 0 Å². The second-order valence-electron chi connectivity index (χ2n) is 6.36. The van der Waals surface area contributed by atoms with Gasteiger partial charge < -0.3 is 14.5 Å². The molecule has 1 aromatic heterocycles. The molecule has 1 atom stereocenters. The van der Waals surface area contributed by atoms with Crippen molar-refractivity contribution in [1.82, 2.24) is 5.32 Å². The van der Waals surface area contributed by atoms with E-state index in [1.54, 1.807) is 0 Å². The van der Waals surface area contributed by atoms with Gasteiger partial charge in [-0.15, -0.1) is 0 Å². The van der Waals surface area contributed by atoms with E-state index < -0.39 is 0 Å². The number of hydrogen-bond donors (Lipinski definition) is 1. The summed E-state index contributed by atoms with van der Waals surface area (Å²) in [7, 11) is 0. The summed E-state index contributed by atoms with van der Waals surface area (Å²) in [5.41, 5.74) is 1.61. The fourth-order valence-electron chi connectivity index (χ4n) is 3.65. The van der Waals surface area contributed by atoms with Gasteiger partial charge in [-0.1, -0.05) is 19.3 Å². The van der Waals surface area contributed by atoms with E-state index >= 15 is 0 Å². The maximum Gasteiger partial charge on any atom is 0.106 e. The van der Waals surface area contributed by atoms with E-state index in [4.69, 9.17) is 9.15 Å². The van der Waals surface area contributed by atoms with Crippen molar-refractivity contribution in [3.8, 4) is 0 Å². The number of ether oxygens (including phenoxy) is 1. The maximum absolute atomic E-state index is 6.25. The molecule has 106 valence electrons. The molecule has 1 aliphatic heterocycles. The predicted octanol–water partition coefficient (Wildman–Crippen LogP) is 3.51. The Morgan fingerprint density at radius 1 is 1.21 bits per heavy atom. The lowest BCUT2D eigenvalue weighted by Gasteiger charge is -2.35. The van der Waals surface area contributed by atoms with E-state index in [9.17, 15) is 0 Å². The summed E-state index contributed by atoms with van der Waals surface area (Å²) in [4.78, 5) is 0. The van der Waals surface area contributed by atoms with E-state index in [1.807, 2.05) is 13.8 Å². The van der Waals surface area contributed by atoms with Gasteiger partial charge in [0.05, 0.1) is 12.7 Å². The molecule has 1 saturated carbocycles. The zero-order valence-electron chi connectivity index (χ0n) is 12.1. The lowest BCUT2D eigenvalue weighted by atomic mass is 9.74. The fourth-order valence-corrected chi connectivity index (χ4v) is 3.65. The third-order valence-corrected chi connectivity index (χ3v) is 4.76. The van der Waals surface area contributed by atoms with E-state index in [0.717, 1.165) is 31.2 Å². The average molecular weight is 263 g/mol. The summed E-state index contributed by atoms with van der Waals surface area (Å²) >= 11 is 0. The maximum atomic E-state index is 6.25. The van der Waals surface area contributed by atoms with Gasteiger partial charge in [0.1, 0.15) is 11.5 Å². The van der Waals surface area contributed by atoms with Crippen LogP contribution in [0.15, 0.2) is 10.5 Å². The van der Waals surface area contributed by atoms with Crippen LogP contribution in [0.5, 0.6) is 0 Å². The number of aryl methyl sites for hydroxylation is 2. The van der Waals surface area contributed by atoms with Gasteiger partial charge in [-0.25, -0.2) is 0 Å². The molecule has 2 heterocycles. The van der Waals surface area contributed by atoms with Gasteiger partial charge in [0.2, 0.25) is 0 Å². The standard InChI is InChI=1S/C16H25NO2/c1-12-8-14(13(2)19-12)15-9-17-10-16(11-18-15)6-4-3-5-7-16/h8,15,17H,3-7,9-11H2,1-2H3. The monoisotopic (exact) mass is 263 g/mol. The van der Waals surface area contributed by atoms with Crippen LogP contribution in [0.3, 0.4) is 0 Å². The zero-order valence-corrected chi connectivity index (χ0v) is 12.1. The molecule has 3 rings (SSSR count). The van der Waals surface area contributed by atoms with Crippen molar-refractivity contribution in [2.75, 3.05) is 19.7 Å². The Kier molecular flexibility index (Phi) is 3.68. The van der Waals surface area contributed by atoms with Crippen LogP contribution in [0.25, 0.3) is 0 Å². The smallest absolute Gasteiger partial charge is 0.106 e. The summed E-state index contributed by atoms with van der Waals surface area (Å²) < 4.78 is 11.9. The quantitative estimate of drug-likeness (QED) is 0.842. The number of nitrogens with one attached hydrogen (secondary N) is 1. The highest BCUT2D eigenvalue weighted by Gasteiger charge is 2.35. The molecule has 1 N–H and O–H groups in total. The molecule has 0 amide bonds. The normalized spacial score (nSPS) is 27.4. The second kappa shape index (κ2) is 5.29. The van der Waals surface area contributed by atoms with Crippen LogP contribution in [0.4, 0.5) is 0 Å². The van der Waals surface area contributed by atoms with Gasteiger partial charge in [-0.3, -0.25) is 0 Å². The molecule has 1 aromatic rings. The number of hydrogen-bond acceptors (Lipinski definition) is 3. The molecule has 1 saturated heterocycles. The molecule has 2 aliphatic rings. The van der Waals surface area contributed by atoms with Crippen LogP contribution < -0.4 is 5.32 Å². The third kappa shape index (κ3) is 2.72. The van der Waals surface area contributed by atoms with Gasteiger partial charge in [0.15, 0.2) is 0 Å². The summed E-state index contributed by atoms with van der Waals surface area (Å²) in [5, 5.41) is 3.63. The van der Waals surface area contributed by atoms with Gasteiger partial charge in [-0.05, 0) is 32.8 Å². The SMILES string of the molecule is Cc1cc(C2CNCC3(CCCCC3)CO2)c(C)o1. The van der Waals surface area contributed by atoms with E-state index in [-0.39, 0.29) is 6.10 Å². The summed E-state index contributed by atoms with van der Waals surface area (Å²) in [5.74, 6) is 1.98. The Hall–Kier alpha value is -0.800. The van der Waals surface area contributed by atoms with Crippen molar-refractivity contribution >= 4 is 0 Å². The molecule has 19 heavy (non-hydrogen) atoms. The van der Waals surface area contributed by atoms with Gasteiger partial charge in [0, 0.05) is 24.1 Å². The molecule has 1 spiro atoms. The van der Waals surface area contributed by atoms with Crippen LogP contribution in [0.1, 0.15) is 55.3 Å². The van der Waals surface area contributed by atoms with Gasteiger partial charge in [-0.2, -0.15) is 0 Å². The summed E-state index contributed by atoms with van der Waals surface area (Å²) in [6.07, 6.45) is 6.90. The highest BCUT2D eigenvalue weighted by atomic mass is 16.5. The Morgan fingerprint density at radius 2 is 2.00 bits per heavy atom. The topological polar surface area (TPSA) is 34.4 Å². The first kappa shape index (κ1) is 13.2. The largest absolute Gasteiger partial charge is 0.466 e. The van der Waals surface area contributed by atoms with E-state index in [0.29, 0.717) is 5.41 Å². The number of furan rings is 1. The molecule has 1 aliphatic carbocycles. The van der Waals surface area contributed by atoms with Gasteiger partial charge >= 0.3 is 0 Å². The van der Waals surface area contributed by atoms with Crippen molar-refractivity contribution in [1.29, 1.82) is 0 Å². The van der Waals surface area contributed by atoms with Crippen LogP contribution in [0.2, 0.25) is 0 Å². The molecule has 0 bridgehead atoms.